The predicted molar refractivity (Wildman–Crippen MR) is 83.7 cm³/mol. The molecule has 1 aromatic rings. The number of nitrogens with one attached hydrogen (secondary N) is 1. The molecule has 0 amide bonds. The number of ether oxygens (including phenoxy) is 3. The van der Waals surface area contributed by atoms with E-state index in [-0.39, 0.29) is 6.10 Å². The lowest BCUT2D eigenvalue weighted by atomic mass is 10.0. The van der Waals surface area contributed by atoms with E-state index in [1.807, 2.05) is 6.92 Å². The molecule has 1 aliphatic rings. The van der Waals surface area contributed by atoms with E-state index in [9.17, 15) is 0 Å². The highest BCUT2D eigenvalue weighted by atomic mass is 16.6. The molecule has 4 heteroatoms. The normalized spacial score (nSPS) is 16.5. The first-order chi connectivity index (χ1) is 10.2. The maximum atomic E-state index is 5.84. The minimum atomic E-state index is 0.235. The highest BCUT2D eigenvalue weighted by Gasteiger charge is 2.19. The molecule has 1 aliphatic heterocycles. The van der Waals surface area contributed by atoms with Gasteiger partial charge in [-0.3, -0.25) is 0 Å². The number of benzene rings is 1. The van der Waals surface area contributed by atoms with Gasteiger partial charge in [-0.2, -0.15) is 0 Å². The summed E-state index contributed by atoms with van der Waals surface area (Å²) in [6, 6.07) is 6.72. The van der Waals surface area contributed by atoms with Gasteiger partial charge in [0.1, 0.15) is 11.9 Å². The van der Waals surface area contributed by atoms with Gasteiger partial charge in [0.25, 0.3) is 0 Å². The Kier molecular flexibility index (Phi) is 6.49. The molecule has 0 aliphatic carbocycles. The molecule has 4 nitrogen and oxygen atoms in total. The fourth-order valence-corrected chi connectivity index (χ4v) is 2.27. The van der Waals surface area contributed by atoms with Crippen LogP contribution in [0.15, 0.2) is 18.2 Å². The Morgan fingerprint density at radius 2 is 2.14 bits per heavy atom. The molecule has 0 aromatic heterocycles. The van der Waals surface area contributed by atoms with Crippen LogP contribution >= 0.6 is 0 Å². The molecule has 1 fully saturated rings. The van der Waals surface area contributed by atoms with Crippen LogP contribution < -0.4 is 10.1 Å². The quantitative estimate of drug-likeness (QED) is 0.759. The van der Waals surface area contributed by atoms with Gasteiger partial charge in [0.05, 0.1) is 26.4 Å². The van der Waals surface area contributed by atoms with Crippen molar-refractivity contribution in [3.63, 3.8) is 0 Å². The van der Waals surface area contributed by atoms with Crippen LogP contribution in [0.3, 0.4) is 0 Å². The van der Waals surface area contributed by atoms with E-state index in [1.165, 1.54) is 5.56 Å². The molecule has 1 N–H and O–H groups in total. The summed E-state index contributed by atoms with van der Waals surface area (Å²) in [7, 11) is 0. The molecule has 0 bridgehead atoms. The molecule has 1 unspecified atom stereocenters. The van der Waals surface area contributed by atoms with Crippen molar-refractivity contribution < 1.29 is 14.2 Å². The average Bonchev–Trinajstić information content (AvgIpc) is 2.44. The SMILES string of the molecule is CCCNC(C)c1ccc(OCC)c(COC2COC2)c1. The van der Waals surface area contributed by atoms with Crippen LogP contribution in [-0.4, -0.2) is 32.5 Å². The van der Waals surface area contributed by atoms with Gasteiger partial charge in [-0.05, 0) is 44.5 Å². The Hall–Kier alpha value is -1.10. The molecule has 118 valence electrons. The third-order valence-electron chi connectivity index (χ3n) is 3.67. The lowest BCUT2D eigenvalue weighted by molar-refractivity contribution is -0.135. The maximum Gasteiger partial charge on any atom is 0.124 e. The molecule has 21 heavy (non-hydrogen) atoms. The number of rotatable bonds is 9. The molecule has 1 heterocycles. The number of hydrogen-bond donors (Lipinski definition) is 1. The van der Waals surface area contributed by atoms with Crippen molar-refractivity contribution in [2.75, 3.05) is 26.4 Å². The van der Waals surface area contributed by atoms with Gasteiger partial charge in [-0.25, -0.2) is 0 Å². The van der Waals surface area contributed by atoms with Gasteiger partial charge >= 0.3 is 0 Å². The minimum absolute atomic E-state index is 0.235. The van der Waals surface area contributed by atoms with E-state index in [0.717, 1.165) is 24.3 Å². The maximum absolute atomic E-state index is 5.84. The van der Waals surface area contributed by atoms with Crippen molar-refractivity contribution >= 4 is 0 Å². The Bertz CT molecular complexity index is 432. The molecule has 1 saturated heterocycles. The van der Waals surface area contributed by atoms with Crippen molar-refractivity contribution in [3.05, 3.63) is 29.3 Å². The van der Waals surface area contributed by atoms with Crippen LogP contribution in [0.4, 0.5) is 0 Å². The first-order valence-electron chi connectivity index (χ1n) is 7.93. The first kappa shape index (κ1) is 16.3. The lowest BCUT2D eigenvalue weighted by Crippen LogP contribution is -2.35. The Labute approximate surface area is 127 Å². The molecule has 0 saturated carbocycles. The summed E-state index contributed by atoms with van der Waals surface area (Å²) in [6.07, 6.45) is 1.37. The van der Waals surface area contributed by atoms with Gasteiger partial charge in [-0.15, -0.1) is 0 Å². The van der Waals surface area contributed by atoms with E-state index in [2.05, 4.69) is 37.4 Å². The predicted octanol–water partition coefficient (Wildman–Crippen LogP) is 3.06. The Morgan fingerprint density at radius 1 is 1.33 bits per heavy atom. The third kappa shape index (κ3) is 4.70. The highest BCUT2D eigenvalue weighted by Crippen LogP contribution is 2.25. The van der Waals surface area contributed by atoms with Crippen LogP contribution in [0, 0.1) is 0 Å². The van der Waals surface area contributed by atoms with E-state index < -0.39 is 0 Å². The number of hydrogen-bond acceptors (Lipinski definition) is 4. The summed E-state index contributed by atoms with van der Waals surface area (Å²) < 4.78 is 16.7. The summed E-state index contributed by atoms with van der Waals surface area (Å²) >= 11 is 0. The van der Waals surface area contributed by atoms with E-state index in [4.69, 9.17) is 14.2 Å². The second-order valence-corrected chi connectivity index (χ2v) is 5.45. The van der Waals surface area contributed by atoms with Crippen molar-refractivity contribution in [3.8, 4) is 5.75 Å². The third-order valence-corrected chi connectivity index (χ3v) is 3.67. The summed E-state index contributed by atoms with van der Waals surface area (Å²) in [5, 5.41) is 3.51. The molecular formula is C17H27NO3. The van der Waals surface area contributed by atoms with Crippen molar-refractivity contribution in [1.29, 1.82) is 0 Å². The molecule has 0 spiro atoms. The zero-order valence-corrected chi connectivity index (χ0v) is 13.4. The van der Waals surface area contributed by atoms with Gasteiger partial charge in [0.15, 0.2) is 0 Å². The summed E-state index contributed by atoms with van der Waals surface area (Å²) in [5.41, 5.74) is 2.39. The molecule has 1 atom stereocenters. The van der Waals surface area contributed by atoms with Crippen LogP contribution in [-0.2, 0) is 16.1 Å². The van der Waals surface area contributed by atoms with Crippen molar-refractivity contribution in [1.82, 2.24) is 5.32 Å². The van der Waals surface area contributed by atoms with Crippen LogP contribution in [0.5, 0.6) is 5.75 Å². The van der Waals surface area contributed by atoms with Gasteiger partial charge in [0, 0.05) is 11.6 Å². The zero-order valence-electron chi connectivity index (χ0n) is 13.4. The highest BCUT2D eigenvalue weighted by molar-refractivity contribution is 5.38. The summed E-state index contributed by atoms with van der Waals surface area (Å²) in [4.78, 5) is 0. The summed E-state index contributed by atoms with van der Waals surface area (Å²) in [5.74, 6) is 0.921. The van der Waals surface area contributed by atoms with Crippen molar-refractivity contribution in [2.45, 2.75) is 45.9 Å². The monoisotopic (exact) mass is 293 g/mol. The molecule has 2 rings (SSSR count). The molecular weight excluding hydrogens is 266 g/mol. The largest absolute Gasteiger partial charge is 0.494 e. The minimum Gasteiger partial charge on any atom is -0.494 e. The fraction of sp³-hybridized carbons (Fsp3) is 0.647. The second kappa shape index (κ2) is 8.37. The Morgan fingerprint density at radius 3 is 2.76 bits per heavy atom. The van der Waals surface area contributed by atoms with Crippen molar-refractivity contribution in [2.24, 2.45) is 0 Å². The van der Waals surface area contributed by atoms with E-state index in [1.54, 1.807) is 0 Å². The zero-order chi connectivity index (χ0) is 15.1. The van der Waals surface area contributed by atoms with Gasteiger partial charge < -0.3 is 19.5 Å². The van der Waals surface area contributed by atoms with E-state index in [0.29, 0.717) is 32.5 Å². The van der Waals surface area contributed by atoms with Gasteiger partial charge in [0.2, 0.25) is 0 Å². The standard InChI is InChI=1S/C17H27NO3/c1-4-8-18-13(3)14-6-7-17(20-5-2)15(9-14)10-21-16-11-19-12-16/h6-7,9,13,16,18H,4-5,8,10-12H2,1-3H3. The summed E-state index contributed by atoms with van der Waals surface area (Å²) in [6.45, 7) is 10.1. The van der Waals surface area contributed by atoms with Crippen LogP contribution in [0.1, 0.15) is 44.4 Å². The lowest BCUT2D eigenvalue weighted by Gasteiger charge is -2.26. The van der Waals surface area contributed by atoms with E-state index >= 15 is 0 Å². The first-order valence-corrected chi connectivity index (χ1v) is 7.93. The second-order valence-electron chi connectivity index (χ2n) is 5.45. The average molecular weight is 293 g/mol. The van der Waals surface area contributed by atoms with Crippen LogP contribution in [0.2, 0.25) is 0 Å². The smallest absolute Gasteiger partial charge is 0.124 e. The van der Waals surface area contributed by atoms with Crippen LogP contribution in [0.25, 0.3) is 0 Å². The van der Waals surface area contributed by atoms with Gasteiger partial charge in [-0.1, -0.05) is 13.0 Å². The fourth-order valence-electron chi connectivity index (χ4n) is 2.27. The molecule has 0 radical (unpaired) electrons. The Balaban J connectivity index is 2.04. The topological polar surface area (TPSA) is 39.7 Å². The molecule has 1 aromatic carbocycles.